The molecule has 2 heterocycles. The molecule has 5 nitrogen and oxygen atoms in total. The van der Waals surface area contributed by atoms with Gasteiger partial charge in [-0.05, 0) is 25.7 Å². The molecule has 19 heavy (non-hydrogen) atoms. The highest BCUT2D eigenvalue weighted by atomic mass is 16.5. The molecule has 1 saturated carbocycles. The number of fused-ring (bicyclic) bond motifs is 1. The zero-order valence-corrected chi connectivity index (χ0v) is 11.7. The normalized spacial score (nSPS) is 38.1. The lowest BCUT2D eigenvalue weighted by atomic mass is 9.75. The third-order valence-corrected chi connectivity index (χ3v) is 4.75. The van der Waals surface area contributed by atoms with Crippen LogP contribution >= 0.6 is 0 Å². The van der Waals surface area contributed by atoms with Crippen LogP contribution in [0.3, 0.4) is 0 Å². The molecule has 0 aromatic rings. The van der Waals surface area contributed by atoms with Crippen LogP contribution in [0, 0.1) is 11.8 Å². The summed E-state index contributed by atoms with van der Waals surface area (Å²) >= 11 is 0. The summed E-state index contributed by atoms with van der Waals surface area (Å²) in [4.78, 5) is 27.9. The number of carbonyl (C=O) groups excluding carboxylic acids is 2. The Labute approximate surface area is 113 Å². The van der Waals surface area contributed by atoms with Crippen molar-refractivity contribution in [3.8, 4) is 0 Å². The van der Waals surface area contributed by atoms with Gasteiger partial charge in [0, 0.05) is 25.6 Å². The third kappa shape index (κ3) is 2.14. The fourth-order valence-corrected chi connectivity index (χ4v) is 3.62. The van der Waals surface area contributed by atoms with Crippen molar-refractivity contribution < 1.29 is 14.3 Å². The average Bonchev–Trinajstić information content (AvgIpc) is 2.78. The van der Waals surface area contributed by atoms with Crippen molar-refractivity contribution in [2.24, 2.45) is 11.8 Å². The monoisotopic (exact) mass is 266 g/mol. The maximum Gasteiger partial charge on any atom is 0.248 e. The Hall–Kier alpha value is -1.10. The summed E-state index contributed by atoms with van der Waals surface area (Å²) in [5.74, 6) is 1.21. The van der Waals surface area contributed by atoms with Crippen molar-refractivity contribution in [2.45, 2.75) is 38.8 Å². The van der Waals surface area contributed by atoms with Crippen LogP contribution in [0.25, 0.3) is 0 Å². The zero-order valence-electron chi connectivity index (χ0n) is 11.7. The van der Waals surface area contributed by atoms with E-state index in [0.29, 0.717) is 25.6 Å². The molecule has 3 fully saturated rings. The van der Waals surface area contributed by atoms with Gasteiger partial charge in [-0.25, -0.2) is 0 Å². The summed E-state index contributed by atoms with van der Waals surface area (Å²) in [6, 6.07) is 0.0627. The number of ether oxygens (including phenoxy) is 1. The Morgan fingerprint density at radius 3 is 2.74 bits per heavy atom. The Morgan fingerprint density at radius 1 is 1.37 bits per heavy atom. The molecule has 5 heteroatoms. The highest BCUT2D eigenvalue weighted by Crippen LogP contribution is 2.36. The molecule has 0 N–H and O–H groups in total. The van der Waals surface area contributed by atoms with Crippen LogP contribution in [0.4, 0.5) is 0 Å². The van der Waals surface area contributed by atoms with Gasteiger partial charge in [-0.15, -0.1) is 0 Å². The lowest BCUT2D eigenvalue weighted by molar-refractivity contribution is -0.152. The van der Waals surface area contributed by atoms with Crippen LogP contribution in [0.1, 0.15) is 26.7 Å². The van der Waals surface area contributed by atoms with E-state index in [2.05, 4.69) is 6.92 Å². The van der Waals surface area contributed by atoms with Gasteiger partial charge in [-0.1, -0.05) is 6.92 Å². The molecule has 2 aliphatic heterocycles. The molecule has 2 amide bonds. The topological polar surface area (TPSA) is 49.9 Å². The predicted molar refractivity (Wildman–Crippen MR) is 69.4 cm³/mol. The third-order valence-electron chi connectivity index (χ3n) is 4.75. The van der Waals surface area contributed by atoms with Crippen LogP contribution in [0.2, 0.25) is 0 Å². The minimum atomic E-state index is 0.0131. The fraction of sp³-hybridized carbons (Fsp3) is 0.857. The second-order valence-corrected chi connectivity index (χ2v) is 6.11. The second-order valence-electron chi connectivity index (χ2n) is 6.11. The van der Waals surface area contributed by atoms with Gasteiger partial charge in [0.05, 0.1) is 12.1 Å². The number of likely N-dealkylation sites (tertiary alicyclic amines) is 1. The van der Waals surface area contributed by atoms with E-state index in [1.165, 1.54) is 0 Å². The van der Waals surface area contributed by atoms with Gasteiger partial charge in [0.1, 0.15) is 6.61 Å². The highest BCUT2D eigenvalue weighted by Gasteiger charge is 2.46. The Kier molecular flexibility index (Phi) is 3.25. The lowest BCUT2D eigenvalue weighted by Gasteiger charge is -2.36. The Balaban J connectivity index is 1.65. The molecule has 3 rings (SSSR count). The fourth-order valence-electron chi connectivity index (χ4n) is 3.62. The van der Waals surface area contributed by atoms with Crippen molar-refractivity contribution in [2.75, 3.05) is 26.2 Å². The van der Waals surface area contributed by atoms with Crippen LogP contribution < -0.4 is 0 Å². The summed E-state index contributed by atoms with van der Waals surface area (Å²) < 4.78 is 5.59. The summed E-state index contributed by atoms with van der Waals surface area (Å²) in [6.07, 6.45) is 2.04. The van der Waals surface area contributed by atoms with Gasteiger partial charge < -0.3 is 14.5 Å². The molecule has 0 spiro atoms. The Morgan fingerprint density at radius 2 is 2.11 bits per heavy atom. The van der Waals surface area contributed by atoms with Crippen LogP contribution in [0.5, 0.6) is 0 Å². The van der Waals surface area contributed by atoms with Crippen molar-refractivity contribution in [1.29, 1.82) is 0 Å². The first-order valence-electron chi connectivity index (χ1n) is 7.30. The molecule has 0 aromatic heterocycles. The van der Waals surface area contributed by atoms with E-state index < -0.39 is 0 Å². The van der Waals surface area contributed by atoms with Crippen molar-refractivity contribution in [3.63, 3.8) is 0 Å². The first kappa shape index (κ1) is 12.9. The minimum absolute atomic E-state index is 0.0131. The lowest BCUT2D eigenvalue weighted by Crippen LogP contribution is -2.53. The number of likely N-dealkylation sites (N-methyl/N-ethyl adjacent to an activating group) is 1. The first-order valence-corrected chi connectivity index (χ1v) is 7.30. The summed E-state index contributed by atoms with van der Waals surface area (Å²) in [7, 11) is 0. The zero-order chi connectivity index (χ0) is 13.6. The average molecular weight is 266 g/mol. The Bertz CT molecular complexity index is 392. The second kappa shape index (κ2) is 4.78. The van der Waals surface area contributed by atoms with Crippen molar-refractivity contribution >= 4 is 11.8 Å². The van der Waals surface area contributed by atoms with Gasteiger partial charge in [0.15, 0.2) is 0 Å². The molecular formula is C14H22N2O3. The van der Waals surface area contributed by atoms with Gasteiger partial charge in [-0.2, -0.15) is 0 Å². The number of hydrogen-bond donors (Lipinski definition) is 0. The molecular weight excluding hydrogens is 244 g/mol. The quantitative estimate of drug-likeness (QED) is 0.731. The molecule has 0 unspecified atom stereocenters. The van der Waals surface area contributed by atoms with Crippen LogP contribution in [0.15, 0.2) is 0 Å². The van der Waals surface area contributed by atoms with Crippen LogP contribution in [-0.2, 0) is 14.3 Å². The number of nitrogens with zero attached hydrogens (tertiary/aromatic N) is 2. The largest absolute Gasteiger partial charge is 0.364 e. The molecule has 3 aliphatic rings. The van der Waals surface area contributed by atoms with Gasteiger partial charge in [-0.3, -0.25) is 9.59 Å². The van der Waals surface area contributed by atoms with E-state index >= 15 is 0 Å². The van der Waals surface area contributed by atoms with E-state index in [1.807, 2.05) is 16.7 Å². The molecule has 0 bridgehead atoms. The standard InChI is InChI=1S/C14H22N2O3/c1-3-16-11-6-15(7-12(11)19-8-13(16)17)14(18)10-4-9(2)5-10/h9-12H,3-8H2,1-2H3/t9?,10?,11-,12-/m1/s1. The number of carbonyl (C=O) groups is 2. The number of rotatable bonds is 2. The van der Waals surface area contributed by atoms with E-state index in [-0.39, 0.29) is 36.5 Å². The molecule has 0 aromatic carbocycles. The van der Waals surface area contributed by atoms with E-state index in [0.717, 1.165) is 12.8 Å². The van der Waals surface area contributed by atoms with Gasteiger partial charge in [0.25, 0.3) is 0 Å². The van der Waals surface area contributed by atoms with E-state index in [1.54, 1.807) is 0 Å². The molecule has 106 valence electrons. The molecule has 0 radical (unpaired) electrons. The molecule has 2 atom stereocenters. The number of hydrogen-bond acceptors (Lipinski definition) is 3. The minimum Gasteiger partial charge on any atom is -0.364 e. The summed E-state index contributed by atoms with van der Waals surface area (Å²) in [5.41, 5.74) is 0. The van der Waals surface area contributed by atoms with Gasteiger partial charge in [0.2, 0.25) is 11.8 Å². The first-order chi connectivity index (χ1) is 9.10. The summed E-state index contributed by atoms with van der Waals surface area (Å²) in [5, 5.41) is 0. The summed E-state index contributed by atoms with van der Waals surface area (Å²) in [6.45, 7) is 6.34. The SMILES string of the molecule is CCN1C(=O)CO[C@@H]2CN(C(=O)C3CC(C)C3)C[C@H]21. The molecule has 2 saturated heterocycles. The highest BCUT2D eigenvalue weighted by molar-refractivity contribution is 5.81. The van der Waals surface area contributed by atoms with Gasteiger partial charge >= 0.3 is 0 Å². The van der Waals surface area contributed by atoms with Crippen molar-refractivity contribution in [3.05, 3.63) is 0 Å². The smallest absolute Gasteiger partial charge is 0.248 e. The van der Waals surface area contributed by atoms with E-state index in [9.17, 15) is 9.59 Å². The maximum absolute atomic E-state index is 12.4. The molecule has 1 aliphatic carbocycles. The predicted octanol–water partition coefficient (Wildman–Crippen LogP) is 0.491. The van der Waals surface area contributed by atoms with Crippen molar-refractivity contribution in [1.82, 2.24) is 9.80 Å². The maximum atomic E-state index is 12.4. The number of morpholine rings is 1. The van der Waals surface area contributed by atoms with Crippen LogP contribution in [-0.4, -0.2) is 60.0 Å². The van der Waals surface area contributed by atoms with E-state index in [4.69, 9.17) is 4.74 Å². The number of amides is 2.